The van der Waals surface area contributed by atoms with Crippen molar-refractivity contribution < 1.29 is 28.5 Å². The van der Waals surface area contributed by atoms with Crippen LogP contribution in [0.5, 0.6) is 17.2 Å². The monoisotopic (exact) mass is 652 g/mol. The third kappa shape index (κ3) is 8.25. The standard InChI is InChI=1S/C36H36N4O6S/c1-4-43-31-19-24(17-18-30(31)45-21-26-13-10-12-25-11-6-7-14-27(25)26)20-37-40-32(41)22-46-29-16-9-8-15-28(29)34-33(35(42)44-5-2)23(3)38-36(47)39-34/h6-20,34H,4-5,21-22H2,1-3H3,(H,40,41)(H2,38,39,47)/t34-/m1/s1. The summed E-state index contributed by atoms with van der Waals surface area (Å²) in [6, 6.07) is 26.3. The van der Waals surface area contributed by atoms with E-state index in [2.05, 4.69) is 39.4 Å². The minimum absolute atomic E-state index is 0.225. The Labute approximate surface area is 278 Å². The lowest BCUT2D eigenvalue weighted by Gasteiger charge is -2.30. The lowest BCUT2D eigenvalue weighted by molar-refractivity contribution is -0.139. The van der Waals surface area contributed by atoms with E-state index in [0.717, 1.165) is 16.3 Å². The Bertz CT molecular complexity index is 1830. The molecule has 0 spiro atoms. The molecule has 4 aromatic carbocycles. The topological polar surface area (TPSA) is 120 Å². The van der Waals surface area contributed by atoms with Crippen LogP contribution in [-0.2, 0) is 20.9 Å². The predicted molar refractivity (Wildman–Crippen MR) is 185 cm³/mol. The Hall–Kier alpha value is -5.42. The fraction of sp³-hybridized carbons (Fsp3) is 0.222. The highest BCUT2D eigenvalue weighted by atomic mass is 32.1. The van der Waals surface area contributed by atoms with E-state index >= 15 is 0 Å². The predicted octanol–water partition coefficient (Wildman–Crippen LogP) is 5.70. The van der Waals surface area contributed by atoms with Crippen LogP contribution < -0.4 is 30.3 Å². The first-order valence-electron chi connectivity index (χ1n) is 15.2. The van der Waals surface area contributed by atoms with Gasteiger partial charge in [-0.05, 0) is 79.2 Å². The second-order valence-corrected chi connectivity index (χ2v) is 10.9. The zero-order valence-electron chi connectivity index (χ0n) is 26.4. The quantitative estimate of drug-likeness (QED) is 0.0723. The molecule has 0 aliphatic carbocycles. The Morgan fingerprint density at radius 2 is 1.68 bits per heavy atom. The molecule has 11 heteroatoms. The molecule has 1 atom stereocenters. The molecule has 242 valence electrons. The molecule has 0 radical (unpaired) electrons. The number of allylic oxidation sites excluding steroid dienone is 1. The molecule has 1 aliphatic rings. The number of benzene rings is 4. The molecule has 0 saturated carbocycles. The number of carbonyl (C=O) groups is 2. The third-order valence-corrected chi connectivity index (χ3v) is 7.51. The highest BCUT2D eigenvalue weighted by Gasteiger charge is 2.32. The summed E-state index contributed by atoms with van der Waals surface area (Å²) in [4.78, 5) is 25.5. The number of thiocarbonyl (C=S) groups is 1. The van der Waals surface area contributed by atoms with E-state index in [1.54, 1.807) is 38.1 Å². The third-order valence-electron chi connectivity index (χ3n) is 7.29. The number of nitrogens with zero attached hydrogens (tertiary/aromatic N) is 1. The average Bonchev–Trinajstić information content (AvgIpc) is 3.07. The molecule has 1 amide bonds. The van der Waals surface area contributed by atoms with Crippen molar-refractivity contribution in [2.75, 3.05) is 19.8 Å². The number of carbonyl (C=O) groups excluding carboxylic acids is 2. The molecule has 10 nitrogen and oxygen atoms in total. The molecule has 0 aromatic heterocycles. The van der Waals surface area contributed by atoms with Gasteiger partial charge in [0.1, 0.15) is 12.4 Å². The number of ether oxygens (including phenoxy) is 4. The van der Waals surface area contributed by atoms with Gasteiger partial charge in [-0.25, -0.2) is 10.2 Å². The van der Waals surface area contributed by atoms with Gasteiger partial charge in [0.05, 0.1) is 31.0 Å². The summed E-state index contributed by atoms with van der Waals surface area (Å²) in [5.74, 6) is 0.635. The molecular formula is C36H36N4O6S. The van der Waals surface area contributed by atoms with Gasteiger partial charge >= 0.3 is 5.97 Å². The number of nitrogens with one attached hydrogen (secondary N) is 3. The second-order valence-electron chi connectivity index (χ2n) is 10.5. The molecular weight excluding hydrogens is 616 g/mol. The van der Waals surface area contributed by atoms with Gasteiger partial charge in [0, 0.05) is 11.3 Å². The minimum Gasteiger partial charge on any atom is -0.490 e. The van der Waals surface area contributed by atoms with Crippen LogP contribution in [-0.4, -0.2) is 43.0 Å². The molecule has 4 aromatic rings. The summed E-state index contributed by atoms with van der Waals surface area (Å²) in [6.07, 6.45) is 1.52. The van der Waals surface area contributed by atoms with E-state index in [9.17, 15) is 9.59 Å². The van der Waals surface area contributed by atoms with Gasteiger partial charge in [-0.1, -0.05) is 60.7 Å². The smallest absolute Gasteiger partial charge is 0.338 e. The van der Waals surface area contributed by atoms with E-state index in [-0.39, 0.29) is 13.2 Å². The molecule has 0 fully saturated rings. The van der Waals surface area contributed by atoms with Crippen LogP contribution in [0.1, 0.15) is 43.5 Å². The van der Waals surface area contributed by atoms with Crippen LogP contribution in [0.4, 0.5) is 0 Å². The zero-order chi connectivity index (χ0) is 33.2. The Morgan fingerprint density at radius 1 is 0.894 bits per heavy atom. The van der Waals surface area contributed by atoms with Crippen LogP contribution >= 0.6 is 12.2 Å². The molecule has 5 rings (SSSR count). The average molecular weight is 653 g/mol. The van der Waals surface area contributed by atoms with Gasteiger partial charge in [0.25, 0.3) is 5.91 Å². The minimum atomic E-state index is -0.626. The highest BCUT2D eigenvalue weighted by molar-refractivity contribution is 7.80. The largest absolute Gasteiger partial charge is 0.490 e. The summed E-state index contributed by atoms with van der Waals surface area (Å²) >= 11 is 5.34. The zero-order valence-corrected chi connectivity index (χ0v) is 27.2. The fourth-order valence-corrected chi connectivity index (χ4v) is 5.45. The number of para-hydroxylation sites is 1. The van der Waals surface area contributed by atoms with Crippen LogP contribution in [0.15, 0.2) is 101 Å². The van der Waals surface area contributed by atoms with Crippen molar-refractivity contribution in [2.45, 2.75) is 33.4 Å². The first-order valence-corrected chi connectivity index (χ1v) is 15.6. The van der Waals surface area contributed by atoms with E-state index in [4.69, 9.17) is 31.2 Å². The summed E-state index contributed by atoms with van der Waals surface area (Å²) < 4.78 is 23.1. The highest BCUT2D eigenvalue weighted by Crippen LogP contribution is 2.34. The molecule has 0 unspecified atom stereocenters. The first kappa shape index (κ1) is 33.0. The molecule has 1 heterocycles. The van der Waals surface area contributed by atoms with Crippen molar-refractivity contribution in [3.63, 3.8) is 0 Å². The number of esters is 1. The van der Waals surface area contributed by atoms with Crippen molar-refractivity contribution in [3.05, 3.63) is 113 Å². The van der Waals surface area contributed by atoms with Crippen LogP contribution in [0.2, 0.25) is 0 Å². The van der Waals surface area contributed by atoms with Crippen LogP contribution in [0.3, 0.4) is 0 Å². The molecule has 0 bridgehead atoms. The van der Waals surface area contributed by atoms with Gasteiger partial charge in [0.15, 0.2) is 23.2 Å². The fourth-order valence-electron chi connectivity index (χ4n) is 5.18. The number of hydrogen-bond donors (Lipinski definition) is 3. The Balaban J connectivity index is 1.21. The van der Waals surface area contributed by atoms with Crippen LogP contribution in [0, 0.1) is 0 Å². The van der Waals surface area contributed by atoms with Gasteiger partial charge < -0.3 is 29.6 Å². The Kier molecular flexibility index (Phi) is 11.0. The molecule has 3 N–H and O–H groups in total. The van der Waals surface area contributed by atoms with Gasteiger partial charge in [-0.15, -0.1) is 0 Å². The maximum Gasteiger partial charge on any atom is 0.338 e. The van der Waals surface area contributed by atoms with Gasteiger partial charge in [-0.3, -0.25) is 4.79 Å². The van der Waals surface area contributed by atoms with Crippen molar-refractivity contribution in [1.29, 1.82) is 0 Å². The number of amides is 1. The van der Waals surface area contributed by atoms with E-state index < -0.39 is 17.9 Å². The SMILES string of the molecule is CCOC(=O)C1=C(C)NC(=S)N[C@@H]1c1ccccc1OCC(=O)NN=Cc1ccc(OCc2cccc3ccccc23)c(OCC)c1. The maximum absolute atomic E-state index is 12.8. The van der Waals surface area contributed by atoms with Crippen molar-refractivity contribution in [1.82, 2.24) is 16.1 Å². The van der Waals surface area contributed by atoms with Crippen molar-refractivity contribution in [3.8, 4) is 17.2 Å². The first-order chi connectivity index (χ1) is 22.9. The molecule has 0 saturated heterocycles. The van der Waals surface area contributed by atoms with Crippen LogP contribution in [0.25, 0.3) is 10.8 Å². The number of fused-ring (bicyclic) bond motifs is 1. The summed E-state index contributed by atoms with van der Waals surface area (Å²) in [6.45, 7) is 6.15. The van der Waals surface area contributed by atoms with E-state index in [0.29, 0.717) is 58.0 Å². The van der Waals surface area contributed by atoms with Gasteiger partial charge in [0.2, 0.25) is 0 Å². The number of hydrazone groups is 1. The Morgan fingerprint density at radius 3 is 2.51 bits per heavy atom. The lowest BCUT2D eigenvalue weighted by Crippen LogP contribution is -2.45. The normalized spacial score (nSPS) is 14.4. The van der Waals surface area contributed by atoms with E-state index in [1.807, 2.05) is 49.4 Å². The number of rotatable bonds is 13. The van der Waals surface area contributed by atoms with E-state index in [1.165, 1.54) is 6.21 Å². The molecule has 1 aliphatic heterocycles. The lowest BCUT2D eigenvalue weighted by atomic mass is 9.95. The summed E-state index contributed by atoms with van der Waals surface area (Å²) in [7, 11) is 0. The maximum atomic E-state index is 12.8. The van der Waals surface area contributed by atoms with Crippen molar-refractivity contribution in [2.24, 2.45) is 5.10 Å². The molecule has 47 heavy (non-hydrogen) atoms. The van der Waals surface area contributed by atoms with Crippen molar-refractivity contribution >= 4 is 46.2 Å². The summed E-state index contributed by atoms with van der Waals surface area (Å²) in [5.41, 5.74) is 5.86. The van der Waals surface area contributed by atoms with Gasteiger partial charge in [-0.2, -0.15) is 5.10 Å². The second kappa shape index (κ2) is 15.7. The summed E-state index contributed by atoms with van der Waals surface area (Å²) in [5, 5.41) is 12.8. The number of hydrogen-bond acceptors (Lipinski definition) is 8.